The normalized spacial score (nSPS) is 14.8. The molecule has 1 aliphatic rings. The smallest absolute Gasteiger partial charge is 0.253 e. The van der Waals surface area contributed by atoms with E-state index in [4.69, 9.17) is 0 Å². The highest BCUT2D eigenvalue weighted by Crippen LogP contribution is 2.07. The SMILES string of the molecule is CC.CC(C)CCN1C(=O)C=CC1=O. The van der Waals surface area contributed by atoms with E-state index in [0.29, 0.717) is 12.5 Å². The summed E-state index contributed by atoms with van der Waals surface area (Å²) in [5, 5.41) is 0. The van der Waals surface area contributed by atoms with Crippen molar-refractivity contribution in [2.75, 3.05) is 6.54 Å². The summed E-state index contributed by atoms with van der Waals surface area (Å²) in [4.78, 5) is 23.3. The summed E-state index contributed by atoms with van der Waals surface area (Å²) in [6.45, 7) is 8.68. The van der Waals surface area contributed by atoms with Gasteiger partial charge < -0.3 is 0 Å². The number of amides is 2. The molecule has 0 atom stereocenters. The van der Waals surface area contributed by atoms with Crippen molar-refractivity contribution in [1.29, 1.82) is 0 Å². The zero-order valence-corrected chi connectivity index (χ0v) is 9.41. The first kappa shape index (κ1) is 12.9. The predicted molar refractivity (Wildman–Crippen MR) is 56.7 cm³/mol. The number of carbonyl (C=O) groups is 2. The molecule has 2 amide bonds. The third-order valence-corrected chi connectivity index (χ3v) is 1.83. The van der Waals surface area contributed by atoms with Crippen LogP contribution in [0, 0.1) is 5.92 Å². The molecular weight excluding hydrogens is 178 g/mol. The van der Waals surface area contributed by atoms with Crippen LogP contribution in [-0.4, -0.2) is 23.3 Å². The quantitative estimate of drug-likeness (QED) is 0.649. The highest BCUT2D eigenvalue weighted by Gasteiger charge is 2.22. The maximum Gasteiger partial charge on any atom is 0.253 e. The van der Waals surface area contributed by atoms with E-state index in [-0.39, 0.29) is 11.8 Å². The number of rotatable bonds is 3. The van der Waals surface area contributed by atoms with Crippen LogP contribution < -0.4 is 0 Å². The summed E-state index contributed by atoms with van der Waals surface area (Å²) in [7, 11) is 0. The predicted octanol–water partition coefficient (Wildman–Crippen LogP) is 1.98. The average Bonchev–Trinajstić information content (AvgIpc) is 2.47. The molecule has 0 aromatic carbocycles. The van der Waals surface area contributed by atoms with E-state index >= 15 is 0 Å². The van der Waals surface area contributed by atoms with Crippen LogP contribution in [0.5, 0.6) is 0 Å². The van der Waals surface area contributed by atoms with Crippen LogP contribution >= 0.6 is 0 Å². The molecule has 0 aliphatic carbocycles. The van der Waals surface area contributed by atoms with Gasteiger partial charge in [-0.15, -0.1) is 0 Å². The van der Waals surface area contributed by atoms with Gasteiger partial charge in [-0.2, -0.15) is 0 Å². The molecule has 0 saturated heterocycles. The zero-order valence-electron chi connectivity index (χ0n) is 9.41. The van der Waals surface area contributed by atoms with Crippen molar-refractivity contribution in [3.63, 3.8) is 0 Å². The van der Waals surface area contributed by atoms with Gasteiger partial charge in [-0.25, -0.2) is 0 Å². The van der Waals surface area contributed by atoms with Crippen molar-refractivity contribution in [3.05, 3.63) is 12.2 Å². The summed E-state index contributed by atoms with van der Waals surface area (Å²) in [6, 6.07) is 0. The van der Waals surface area contributed by atoms with Crippen LogP contribution in [0.25, 0.3) is 0 Å². The Hall–Kier alpha value is -1.12. The van der Waals surface area contributed by atoms with Crippen molar-refractivity contribution in [2.24, 2.45) is 5.92 Å². The van der Waals surface area contributed by atoms with Crippen molar-refractivity contribution < 1.29 is 9.59 Å². The van der Waals surface area contributed by atoms with Gasteiger partial charge in [0.1, 0.15) is 0 Å². The molecular formula is C11H19NO2. The van der Waals surface area contributed by atoms with Crippen LogP contribution in [0.3, 0.4) is 0 Å². The molecule has 0 N–H and O–H groups in total. The molecule has 1 aliphatic heterocycles. The lowest BCUT2D eigenvalue weighted by molar-refractivity contribution is -0.136. The molecule has 0 aromatic heterocycles. The Morgan fingerprint density at radius 2 is 1.57 bits per heavy atom. The van der Waals surface area contributed by atoms with Gasteiger partial charge in [0.15, 0.2) is 0 Å². The fourth-order valence-electron chi connectivity index (χ4n) is 1.04. The van der Waals surface area contributed by atoms with E-state index in [2.05, 4.69) is 13.8 Å². The highest BCUT2D eigenvalue weighted by atomic mass is 16.2. The van der Waals surface area contributed by atoms with E-state index in [1.54, 1.807) is 0 Å². The Morgan fingerprint density at radius 3 is 1.93 bits per heavy atom. The van der Waals surface area contributed by atoms with Crippen molar-refractivity contribution >= 4 is 11.8 Å². The second-order valence-corrected chi connectivity index (χ2v) is 3.34. The first-order chi connectivity index (χ1) is 6.61. The van der Waals surface area contributed by atoms with E-state index in [1.807, 2.05) is 13.8 Å². The molecule has 1 heterocycles. The fraction of sp³-hybridized carbons (Fsp3) is 0.636. The molecule has 0 radical (unpaired) electrons. The van der Waals surface area contributed by atoms with Gasteiger partial charge in [0.25, 0.3) is 11.8 Å². The van der Waals surface area contributed by atoms with Gasteiger partial charge in [-0.05, 0) is 12.3 Å². The Balaban J connectivity index is 0.000000791. The lowest BCUT2D eigenvalue weighted by atomic mass is 10.1. The Kier molecular flexibility index (Phi) is 5.84. The van der Waals surface area contributed by atoms with Gasteiger partial charge >= 0.3 is 0 Å². The first-order valence-electron chi connectivity index (χ1n) is 5.15. The van der Waals surface area contributed by atoms with Gasteiger partial charge in [0, 0.05) is 18.7 Å². The molecule has 3 nitrogen and oxygen atoms in total. The molecule has 0 saturated carbocycles. The molecule has 0 spiro atoms. The van der Waals surface area contributed by atoms with Crippen LogP contribution in [0.4, 0.5) is 0 Å². The fourth-order valence-corrected chi connectivity index (χ4v) is 1.04. The number of nitrogens with zero attached hydrogens (tertiary/aromatic N) is 1. The summed E-state index contributed by atoms with van der Waals surface area (Å²) >= 11 is 0. The first-order valence-corrected chi connectivity index (χ1v) is 5.15. The van der Waals surface area contributed by atoms with Crippen LogP contribution in [0.1, 0.15) is 34.1 Å². The summed E-state index contributed by atoms with van der Waals surface area (Å²) < 4.78 is 0. The van der Waals surface area contributed by atoms with Gasteiger partial charge in [0.2, 0.25) is 0 Å². The maximum atomic E-state index is 11.0. The molecule has 0 unspecified atom stereocenters. The lowest BCUT2D eigenvalue weighted by Crippen LogP contribution is -2.31. The standard InChI is InChI=1S/C9H13NO2.C2H6/c1-7(2)5-6-10-8(11)3-4-9(10)12;1-2/h3-4,7H,5-6H2,1-2H3;1-2H3. The number of carbonyl (C=O) groups excluding carboxylic acids is 2. The third kappa shape index (κ3) is 3.73. The largest absolute Gasteiger partial charge is 0.275 e. The Morgan fingerprint density at radius 1 is 1.14 bits per heavy atom. The van der Waals surface area contributed by atoms with Crippen LogP contribution in [0.2, 0.25) is 0 Å². The molecule has 1 rings (SSSR count). The van der Waals surface area contributed by atoms with Gasteiger partial charge in [-0.1, -0.05) is 27.7 Å². The zero-order chi connectivity index (χ0) is 11.1. The molecule has 0 bridgehead atoms. The van der Waals surface area contributed by atoms with Crippen molar-refractivity contribution in [2.45, 2.75) is 34.1 Å². The summed E-state index contributed by atoms with van der Waals surface area (Å²) in [5.74, 6) is 0.160. The van der Waals surface area contributed by atoms with Crippen LogP contribution in [0.15, 0.2) is 12.2 Å². The Bertz CT molecular complexity index is 213. The number of hydrogen-bond donors (Lipinski definition) is 0. The summed E-state index contributed by atoms with van der Waals surface area (Å²) in [5.41, 5.74) is 0. The molecule has 0 fully saturated rings. The van der Waals surface area contributed by atoms with Gasteiger partial charge in [0.05, 0.1) is 0 Å². The van der Waals surface area contributed by atoms with Crippen molar-refractivity contribution in [1.82, 2.24) is 4.90 Å². The minimum Gasteiger partial charge on any atom is -0.275 e. The molecule has 3 heteroatoms. The molecule has 0 aromatic rings. The maximum absolute atomic E-state index is 11.0. The topological polar surface area (TPSA) is 37.4 Å². The van der Waals surface area contributed by atoms with E-state index < -0.39 is 0 Å². The average molecular weight is 197 g/mol. The molecule has 14 heavy (non-hydrogen) atoms. The van der Waals surface area contributed by atoms with E-state index in [1.165, 1.54) is 17.1 Å². The van der Waals surface area contributed by atoms with Gasteiger partial charge in [-0.3, -0.25) is 14.5 Å². The van der Waals surface area contributed by atoms with Crippen molar-refractivity contribution in [3.8, 4) is 0 Å². The summed E-state index contributed by atoms with van der Waals surface area (Å²) in [6.07, 6.45) is 3.52. The highest BCUT2D eigenvalue weighted by molar-refractivity contribution is 6.12. The molecule has 80 valence electrons. The second kappa shape index (κ2) is 6.35. The second-order valence-electron chi connectivity index (χ2n) is 3.34. The number of imide groups is 1. The minimum absolute atomic E-state index is 0.180. The van der Waals surface area contributed by atoms with E-state index in [9.17, 15) is 9.59 Å². The lowest BCUT2D eigenvalue weighted by Gasteiger charge is -2.14. The van der Waals surface area contributed by atoms with Crippen LogP contribution in [-0.2, 0) is 9.59 Å². The minimum atomic E-state index is -0.180. The third-order valence-electron chi connectivity index (χ3n) is 1.83. The number of hydrogen-bond acceptors (Lipinski definition) is 2. The monoisotopic (exact) mass is 197 g/mol. The Labute approximate surface area is 85.8 Å². The van der Waals surface area contributed by atoms with E-state index in [0.717, 1.165) is 6.42 Å².